The molecule has 14 heavy (non-hydrogen) atoms. The average molecular weight is 297 g/mol. The molecule has 0 unspecified atom stereocenters. The van der Waals surface area contributed by atoms with E-state index in [-0.39, 0.29) is 21.7 Å². The number of alkyl halides is 2. The molecule has 0 spiro atoms. The third-order valence-corrected chi connectivity index (χ3v) is 4.52. The van der Waals surface area contributed by atoms with Gasteiger partial charge in [0.25, 0.3) is 0 Å². The molecule has 0 atom stereocenters. The third-order valence-electron chi connectivity index (χ3n) is 1.50. The van der Waals surface area contributed by atoms with Crippen molar-refractivity contribution in [3.63, 3.8) is 0 Å². The second-order valence-corrected chi connectivity index (χ2v) is 6.90. The van der Waals surface area contributed by atoms with Crippen molar-refractivity contribution < 1.29 is 8.42 Å². The summed E-state index contributed by atoms with van der Waals surface area (Å²) in [7, 11) is -3.60. The molecule has 1 aliphatic rings. The lowest BCUT2D eigenvalue weighted by Gasteiger charge is -2.24. The van der Waals surface area contributed by atoms with Gasteiger partial charge in [-0.2, -0.15) is 0 Å². The number of hydrogen-bond acceptors (Lipinski definition) is 3. The van der Waals surface area contributed by atoms with Gasteiger partial charge in [-0.15, -0.1) is 0 Å². The van der Waals surface area contributed by atoms with Crippen LogP contribution in [0.25, 0.3) is 0 Å². The number of aliphatic imine (C=N–C) groups is 1. The average Bonchev–Trinajstić information content (AvgIpc) is 1.94. The van der Waals surface area contributed by atoms with Crippen molar-refractivity contribution in [2.75, 3.05) is 12.8 Å². The number of allylic oxidation sites excluding steroid dienone is 1. The highest BCUT2D eigenvalue weighted by Gasteiger charge is 2.41. The van der Waals surface area contributed by atoms with E-state index in [0.717, 1.165) is 6.26 Å². The van der Waals surface area contributed by atoms with Gasteiger partial charge in [-0.3, -0.25) is 4.99 Å². The minimum Gasteiger partial charge on any atom is -0.268 e. The second kappa shape index (κ2) is 3.83. The molecule has 8 heteroatoms. The summed E-state index contributed by atoms with van der Waals surface area (Å²) in [5, 5.41) is -0.311. The summed E-state index contributed by atoms with van der Waals surface area (Å²) < 4.78 is 21.0. The molecular formula is C6H5Cl4NO2S. The Balaban J connectivity index is 3.46. The van der Waals surface area contributed by atoms with Crippen LogP contribution in [0.2, 0.25) is 0 Å². The first kappa shape index (κ1) is 12.6. The van der Waals surface area contributed by atoms with E-state index in [1.165, 1.54) is 0 Å². The van der Waals surface area contributed by atoms with E-state index in [2.05, 4.69) is 4.99 Å². The molecule has 0 bridgehead atoms. The predicted molar refractivity (Wildman–Crippen MR) is 60.3 cm³/mol. The first-order valence-electron chi connectivity index (χ1n) is 3.35. The van der Waals surface area contributed by atoms with Gasteiger partial charge in [-0.1, -0.05) is 46.4 Å². The SMILES string of the molecule is CS(=O)(=O)C1=C(Cl)C(Cl)=NCC1(Cl)Cl. The molecule has 0 aliphatic carbocycles. The fourth-order valence-corrected chi connectivity index (χ4v) is 4.13. The molecule has 80 valence electrons. The quantitative estimate of drug-likeness (QED) is 0.697. The van der Waals surface area contributed by atoms with Crippen LogP contribution in [0.3, 0.4) is 0 Å². The van der Waals surface area contributed by atoms with Gasteiger partial charge in [0, 0.05) is 6.26 Å². The second-order valence-electron chi connectivity index (χ2n) is 2.73. The Morgan fingerprint density at radius 3 is 2.21 bits per heavy atom. The molecule has 1 aliphatic heterocycles. The van der Waals surface area contributed by atoms with Crippen LogP contribution in [0.4, 0.5) is 0 Å². The Morgan fingerprint density at radius 2 is 1.86 bits per heavy atom. The van der Waals surface area contributed by atoms with Gasteiger partial charge in [0.15, 0.2) is 14.2 Å². The predicted octanol–water partition coefficient (Wildman–Crippen LogP) is 2.31. The number of halogens is 4. The van der Waals surface area contributed by atoms with Crippen molar-refractivity contribution in [2.45, 2.75) is 4.33 Å². The van der Waals surface area contributed by atoms with Crippen LogP contribution < -0.4 is 0 Å². The molecule has 3 nitrogen and oxygen atoms in total. The Bertz CT molecular complexity index is 423. The van der Waals surface area contributed by atoms with Crippen LogP contribution >= 0.6 is 46.4 Å². The topological polar surface area (TPSA) is 46.5 Å². The highest BCUT2D eigenvalue weighted by Crippen LogP contribution is 2.40. The highest BCUT2D eigenvalue weighted by molar-refractivity contribution is 7.95. The zero-order valence-electron chi connectivity index (χ0n) is 6.89. The molecule has 0 N–H and O–H groups in total. The largest absolute Gasteiger partial charge is 0.268 e. The van der Waals surface area contributed by atoms with E-state index in [4.69, 9.17) is 46.4 Å². The number of dihydropyridines is 1. The van der Waals surface area contributed by atoms with Crippen LogP contribution in [0.15, 0.2) is 14.9 Å². The first-order valence-corrected chi connectivity index (χ1v) is 6.75. The van der Waals surface area contributed by atoms with E-state index in [1.54, 1.807) is 0 Å². The van der Waals surface area contributed by atoms with Crippen molar-refractivity contribution in [3.8, 4) is 0 Å². The monoisotopic (exact) mass is 295 g/mol. The standard InChI is InChI=1S/C6H5Cl4NO2S/c1-14(12,13)4-3(7)5(8)11-2-6(4,9)10/h2H2,1H3. The van der Waals surface area contributed by atoms with Crippen LogP contribution in [-0.2, 0) is 9.84 Å². The maximum Gasteiger partial charge on any atom is 0.176 e. The summed E-state index contributed by atoms with van der Waals surface area (Å²) in [5.41, 5.74) is 0. The van der Waals surface area contributed by atoms with Gasteiger partial charge in [-0.25, -0.2) is 8.42 Å². The fourth-order valence-electron chi connectivity index (χ4n) is 0.998. The summed E-state index contributed by atoms with van der Waals surface area (Å²) in [5.74, 6) is 0. The lowest BCUT2D eigenvalue weighted by atomic mass is 10.3. The highest BCUT2D eigenvalue weighted by atomic mass is 35.5. The zero-order chi connectivity index (χ0) is 11.1. The lowest BCUT2D eigenvalue weighted by Crippen LogP contribution is -2.31. The molecule has 1 rings (SSSR count). The maximum absolute atomic E-state index is 11.3. The molecule has 0 saturated carbocycles. The van der Waals surface area contributed by atoms with Crippen molar-refractivity contribution in [3.05, 3.63) is 9.94 Å². The van der Waals surface area contributed by atoms with Crippen LogP contribution in [0.1, 0.15) is 0 Å². The Labute approximate surface area is 102 Å². The van der Waals surface area contributed by atoms with E-state index < -0.39 is 14.2 Å². The minimum atomic E-state index is -3.60. The van der Waals surface area contributed by atoms with Gasteiger partial charge < -0.3 is 0 Å². The van der Waals surface area contributed by atoms with Crippen LogP contribution in [-0.4, -0.2) is 30.7 Å². The Hall–Kier alpha value is 0.520. The molecule has 0 aromatic rings. The molecule has 1 heterocycles. The van der Waals surface area contributed by atoms with Crippen molar-refractivity contribution in [1.29, 1.82) is 0 Å². The van der Waals surface area contributed by atoms with Gasteiger partial charge in [0.2, 0.25) is 0 Å². The fraction of sp³-hybridized carbons (Fsp3) is 0.500. The zero-order valence-corrected chi connectivity index (χ0v) is 10.7. The van der Waals surface area contributed by atoms with Crippen LogP contribution in [0, 0.1) is 0 Å². The van der Waals surface area contributed by atoms with Gasteiger partial charge in [-0.05, 0) is 0 Å². The van der Waals surface area contributed by atoms with E-state index in [1.807, 2.05) is 0 Å². The van der Waals surface area contributed by atoms with Gasteiger partial charge in [0.1, 0.15) is 10.1 Å². The normalized spacial score (nSPS) is 22.2. The molecule has 0 aromatic carbocycles. The molecule has 0 radical (unpaired) electrons. The molecule has 0 amide bonds. The Kier molecular flexibility index (Phi) is 3.44. The maximum atomic E-state index is 11.3. The summed E-state index contributed by atoms with van der Waals surface area (Å²) in [4.78, 5) is 3.40. The smallest absolute Gasteiger partial charge is 0.176 e. The van der Waals surface area contributed by atoms with E-state index in [9.17, 15) is 8.42 Å². The van der Waals surface area contributed by atoms with Gasteiger partial charge >= 0.3 is 0 Å². The third kappa shape index (κ3) is 2.36. The van der Waals surface area contributed by atoms with E-state index in [0.29, 0.717) is 0 Å². The molecule has 0 fully saturated rings. The lowest BCUT2D eigenvalue weighted by molar-refractivity contribution is 0.604. The first-order chi connectivity index (χ1) is 6.16. The molecular weight excluding hydrogens is 292 g/mol. The van der Waals surface area contributed by atoms with Crippen molar-refractivity contribution in [1.82, 2.24) is 0 Å². The van der Waals surface area contributed by atoms with Crippen molar-refractivity contribution >= 4 is 61.4 Å². The summed E-state index contributed by atoms with van der Waals surface area (Å²) in [6.45, 7) is -0.131. The van der Waals surface area contributed by atoms with Crippen molar-refractivity contribution in [2.24, 2.45) is 4.99 Å². The summed E-state index contributed by atoms with van der Waals surface area (Å²) >= 11 is 22.8. The number of nitrogens with zero attached hydrogens (tertiary/aromatic N) is 1. The number of sulfone groups is 1. The van der Waals surface area contributed by atoms with E-state index >= 15 is 0 Å². The van der Waals surface area contributed by atoms with Gasteiger partial charge in [0.05, 0.1) is 11.6 Å². The Morgan fingerprint density at radius 1 is 1.36 bits per heavy atom. The number of rotatable bonds is 1. The molecule has 0 saturated heterocycles. The minimum absolute atomic E-state index is 0.0935. The summed E-state index contributed by atoms with van der Waals surface area (Å²) in [6.07, 6.45) is 0.958. The molecule has 0 aromatic heterocycles. The number of hydrogen-bond donors (Lipinski definition) is 0. The van der Waals surface area contributed by atoms with Crippen LogP contribution in [0.5, 0.6) is 0 Å². The summed E-state index contributed by atoms with van der Waals surface area (Å²) in [6, 6.07) is 0.